The Morgan fingerprint density at radius 3 is 2.65 bits per heavy atom. The van der Waals surface area contributed by atoms with Gasteiger partial charge >= 0.3 is 0 Å². The van der Waals surface area contributed by atoms with E-state index in [1.54, 1.807) is 7.11 Å². The van der Waals surface area contributed by atoms with Crippen molar-refractivity contribution in [2.75, 3.05) is 33.4 Å². The largest absolute Gasteiger partial charge is 0.497 e. The molecule has 0 saturated carbocycles. The van der Waals surface area contributed by atoms with Crippen LogP contribution >= 0.6 is 0 Å². The van der Waals surface area contributed by atoms with Crippen LogP contribution < -0.4 is 10.5 Å². The normalized spacial score (nSPS) is 21.1. The van der Waals surface area contributed by atoms with E-state index >= 15 is 0 Å². The van der Waals surface area contributed by atoms with Crippen LogP contribution in [0.4, 0.5) is 4.39 Å². The van der Waals surface area contributed by atoms with Crippen molar-refractivity contribution in [3.8, 4) is 5.75 Å². The summed E-state index contributed by atoms with van der Waals surface area (Å²) < 4.78 is 18.1. The lowest BCUT2D eigenvalue weighted by atomic mass is 9.69. The molecule has 5 heteroatoms. The molecule has 0 radical (unpaired) electrons. The highest BCUT2D eigenvalue weighted by Gasteiger charge is 2.32. The summed E-state index contributed by atoms with van der Waals surface area (Å²) >= 11 is 0. The first kappa shape index (κ1) is 22.6. The van der Waals surface area contributed by atoms with Crippen LogP contribution in [-0.2, 0) is 6.42 Å². The second kappa shape index (κ2) is 9.98. The van der Waals surface area contributed by atoms with Crippen molar-refractivity contribution < 1.29 is 9.13 Å². The molecule has 1 aliphatic carbocycles. The molecule has 2 unspecified atom stereocenters. The minimum absolute atomic E-state index is 0.168. The summed E-state index contributed by atoms with van der Waals surface area (Å²) in [4.78, 5) is 6.92. The van der Waals surface area contributed by atoms with Gasteiger partial charge in [-0.15, -0.1) is 0 Å². The zero-order valence-electron chi connectivity index (χ0n) is 19.7. The van der Waals surface area contributed by atoms with E-state index in [1.165, 1.54) is 22.3 Å². The molecular weight excluding hydrogens is 425 g/mol. The molecule has 1 aliphatic heterocycles. The van der Waals surface area contributed by atoms with Crippen molar-refractivity contribution in [1.82, 2.24) is 9.88 Å². The van der Waals surface area contributed by atoms with E-state index < -0.39 is 0 Å². The zero-order valence-corrected chi connectivity index (χ0v) is 19.7. The van der Waals surface area contributed by atoms with E-state index in [-0.39, 0.29) is 18.5 Å². The predicted molar refractivity (Wildman–Crippen MR) is 135 cm³/mol. The molecule has 1 aromatic heterocycles. The molecule has 2 heterocycles. The number of halogens is 1. The first-order valence-electron chi connectivity index (χ1n) is 12.1. The number of aryl methyl sites for hydroxylation is 1. The van der Waals surface area contributed by atoms with E-state index in [0.29, 0.717) is 12.5 Å². The second-order valence-corrected chi connectivity index (χ2v) is 9.55. The number of nitrogens with two attached hydrogens (primary N) is 1. The number of aromatic nitrogens is 1. The molecule has 2 N–H and O–H groups in total. The van der Waals surface area contributed by atoms with Gasteiger partial charge in [-0.1, -0.05) is 42.5 Å². The van der Waals surface area contributed by atoms with Crippen molar-refractivity contribution in [1.29, 1.82) is 0 Å². The first-order chi connectivity index (χ1) is 16.6. The Balaban J connectivity index is 1.41. The summed E-state index contributed by atoms with van der Waals surface area (Å²) in [6.45, 7) is 1.98. The highest BCUT2D eigenvalue weighted by molar-refractivity contribution is 5.51. The zero-order chi connectivity index (χ0) is 23.5. The Bertz CT molecular complexity index is 1140. The van der Waals surface area contributed by atoms with E-state index in [2.05, 4.69) is 65.6 Å². The first-order valence-corrected chi connectivity index (χ1v) is 12.1. The molecule has 4 nitrogen and oxygen atoms in total. The van der Waals surface area contributed by atoms with E-state index in [1.807, 2.05) is 12.3 Å². The van der Waals surface area contributed by atoms with Crippen LogP contribution in [0.2, 0.25) is 0 Å². The monoisotopic (exact) mass is 457 g/mol. The summed E-state index contributed by atoms with van der Waals surface area (Å²) in [5, 5.41) is 0. The summed E-state index contributed by atoms with van der Waals surface area (Å²) in [5.74, 6) is 1.70. The fraction of sp³-hybridized carbons (Fsp3) is 0.345. The number of hydrogen-bond acceptors (Lipinski definition) is 4. The van der Waals surface area contributed by atoms with Gasteiger partial charge in [0.25, 0.3) is 0 Å². The number of rotatable bonds is 7. The summed E-state index contributed by atoms with van der Waals surface area (Å²) in [6, 6.07) is 21.5. The van der Waals surface area contributed by atoms with Crippen LogP contribution in [-0.4, -0.2) is 43.3 Å². The Labute approximate surface area is 201 Å². The number of fused-ring (bicyclic) bond motifs is 1. The van der Waals surface area contributed by atoms with Crippen molar-refractivity contribution >= 4 is 6.08 Å². The van der Waals surface area contributed by atoms with Gasteiger partial charge in [0.2, 0.25) is 0 Å². The van der Waals surface area contributed by atoms with Gasteiger partial charge in [0.05, 0.1) is 19.5 Å². The van der Waals surface area contributed by atoms with Crippen LogP contribution in [0, 0.1) is 5.92 Å². The molecule has 176 valence electrons. The third-order valence-corrected chi connectivity index (χ3v) is 7.20. The Morgan fingerprint density at radius 1 is 1.12 bits per heavy atom. The number of hydrogen-bond donors (Lipinski definition) is 1. The SMILES string of the molecule is COc1ccc2c(c1)CCC(c1ccccc1)C2c1ccc(/C=C(\N)CN2CC(CF)C2)nc1. The Morgan fingerprint density at radius 2 is 1.94 bits per heavy atom. The molecule has 0 bridgehead atoms. The Hall–Kier alpha value is -3.18. The van der Waals surface area contributed by atoms with Gasteiger partial charge in [0.1, 0.15) is 5.75 Å². The number of ether oxygens (including phenoxy) is 1. The van der Waals surface area contributed by atoms with Gasteiger partial charge in [0, 0.05) is 43.4 Å². The number of methoxy groups -OCH3 is 1. The summed E-state index contributed by atoms with van der Waals surface area (Å²) in [5.41, 5.74) is 13.1. The molecule has 2 atom stereocenters. The Kier molecular flexibility index (Phi) is 6.63. The fourth-order valence-electron chi connectivity index (χ4n) is 5.48. The second-order valence-electron chi connectivity index (χ2n) is 9.55. The minimum Gasteiger partial charge on any atom is -0.497 e. The lowest BCUT2D eigenvalue weighted by Crippen LogP contribution is -2.48. The van der Waals surface area contributed by atoms with Gasteiger partial charge in [-0.3, -0.25) is 14.3 Å². The third-order valence-electron chi connectivity index (χ3n) is 7.20. The lowest BCUT2D eigenvalue weighted by molar-refractivity contribution is 0.0910. The van der Waals surface area contributed by atoms with E-state index in [0.717, 1.165) is 43.1 Å². The van der Waals surface area contributed by atoms with Gasteiger partial charge < -0.3 is 10.5 Å². The maximum absolute atomic E-state index is 12.7. The average molecular weight is 458 g/mol. The maximum Gasteiger partial charge on any atom is 0.119 e. The molecule has 1 fully saturated rings. The molecular formula is C29H32FN3O. The van der Waals surface area contributed by atoms with Gasteiger partial charge in [-0.05, 0) is 65.3 Å². The van der Waals surface area contributed by atoms with Gasteiger partial charge in [0.15, 0.2) is 0 Å². The van der Waals surface area contributed by atoms with Crippen LogP contribution in [0.3, 0.4) is 0 Å². The molecule has 5 rings (SSSR count). The van der Waals surface area contributed by atoms with Crippen molar-refractivity contribution in [3.05, 3.63) is 101 Å². The molecule has 2 aliphatic rings. The average Bonchev–Trinajstić information content (AvgIpc) is 2.86. The van der Waals surface area contributed by atoms with Crippen LogP contribution in [0.1, 0.15) is 46.2 Å². The molecule has 0 spiro atoms. The van der Waals surface area contributed by atoms with Gasteiger partial charge in [-0.25, -0.2) is 0 Å². The number of alkyl halides is 1. The molecule has 0 amide bonds. The molecule has 34 heavy (non-hydrogen) atoms. The van der Waals surface area contributed by atoms with Crippen molar-refractivity contribution in [3.63, 3.8) is 0 Å². The smallest absolute Gasteiger partial charge is 0.119 e. The molecule has 1 saturated heterocycles. The summed E-state index contributed by atoms with van der Waals surface area (Å²) in [6.07, 6.45) is 6.05. The maximum atomic E-state index is 12.7. The van der Waals surface area contributed by atoms with Crippen molar-refractivity contribution in [2.45, 2.75) is 24.7 Å². The number of benzene rings is 2. The van der Waals surface area contributed by atoms with E-state index in [4.69, 9.17) is 15.5 Å². The standard InChI is InChI=1S/C29H32FN3O/c1-34-26-10-12-28-22(13-26)8-11-27(21-5-3-2-4-6-21)29(28)23-7-9-25(32-16-23)14-24(31)19-33-17-20(15-30)18-33/h2-7,9-10,12-14,16,20,27,29H,8,11,15,17-19,31H2,1H3/b24-14-. The number of pyridine rings is 1. The summed E-state index contributed by atoms with van der Waals surface area (Å²) in [7, 11) is 1.72. The third kappa shape index (κ3) is 4.71. The minimum atomic E-state index is -0.246. The molecule has 2 aromatic carbocycles. The highest BCUT2D eigenvalue weighted by Crippen LogP contribution is 2.46. The molecule has 3 aromatic rings. The highest BCUT2D eigenvalue weighted by atomic mass is 19.1. The predicted octanol–water partition coefficient (Wildman–Crippen LogP) is 5.15. The quantitative estimate of drug-likeness (QED) is 0.533. The van der Waals surface area contributed by atoms with Crippen molar-refractivity contribution in [2.24, 2.45) is 11.7 Å². The van der Waals surface area contributed by atoms with Crippen LogP contribution in [0.5, 0.6) is 5.75 Å². The van der Waals surface area contributed by atoms with Crippen LogP contribution in [0.25, 0.3) is 6.08 Å². The van der Waals surface area contributed by atoms with Gasteiger partial charge in [-0.2, -0.15) is 0 Å². The fourth-order valence-corrected chi connectivity index (χ4v) is 5.48. The van der Waals surface area contributed by atoms with E-state index in [9.17, 15) is 4.39 Å². The lowest BCUT2D eigenvalue weighted by Gasteiger charge is -2.37. The van der Waals surface area contributed by atoms with Crippen LogP contribution in [0.15, 0.2) is 72.6 Å². The number of likely N-dealkylation sites (tertiary alicyclic amines) is 1. The topological polar surface area (TPSA) is 51.4 Å². The number of nitrogens with zero attached hydrogens (tertiary/aromatic N) is 2.